The monoisotopic (exact) mass is 117 g/mol. The molecule has 0 saturated carbocycles. The van der Waals surface area contributed by atoms with E-state index in [0.717, 1.165) is 0 Å². The molecule has 1 aliphatic rings. The predicted octanol–water partition coefficient (Wildman–Crippen LogP) is 1.81. The van der Waals surface area contributed by atoms with E-state index in [4.69, 9.17) is 5.26 Å². The van der Waals surface area contributed by atoms with Crippen LogP contribution in [0.4, 0.5) is 0 Å². The number of allylic oxidation sites excluding steroid dienone is 6. The van der Waals surface area contributed by atoms with Crippen LogP contribution in [0, 0.1) is 17.2 Å². The zero-order valence-electron chi connectivity index (χ0n) is 4.99. The maximum absolute atomic E-state index is 8.14. The standard InChI is InChI=1S/C8H7N/c9-7-3-6-8-4-1-2-5-8/h1-6,8H/b6-3+. The van der Waals surface area contributed by atoms with E-state index in [1.165, 1.54) is 6.08 Å². The van der Waals surface area contributed by atoms with Crippen LogP contribution < -0.4 is 0 Å². The third kappa shape index (κ3) is 1.58. The fraction of sp³-hybridized carbons (Fsp3) is 0.125. The van der Waals surface area contributed by atoms with E-state index >= 15 is 0 Å². The molecule has 0 saturated heterocycles. The fourth-order valence-corrected chi connectivity index (χ4v) is 0.731. The molecule has 0 spiro atoms. The van der Waals surface area contributed by atoms with Crippen LogP contribution in [-0.4, -0.2) is 0 Å². The topological polar surface area (TPSA) is 23.8 Å². The molecule has 9 heavy (non-hydrogen) atoms. The quantitative estimate of drug-likeness (QED) is 0.480. The summed E-state index contributed by atoms with van der Waals surface area (Å²) in [6.45, 7) is 0. The van der Waals surface area contributed by atoms with Crippen LogP contribution >= 0.6 is 0 Å². The van der Waals surface area contributed by atoms with Gasteiger partial charge in [0.25, 0.3) is 0 Å². The number of hydrogen-bond acceptors (Lipinski definition) is 1. The molecule has 0 aromatic rings. The maximum atomic E-state index is 8.14. The summed E-state index contributed by atoms with van der Waals surface area (Å²) >= 11 is 0. The lowest BCUT2D eigenvalue weighted by atomic mass is 10.1. The molecule has 1 aliphatic carbocycles. The van der Waals surface area contributed by atoms with Gasteiger partial charge in [0.2, 0.25) is 0 Å². The molecule has 1 rings (SSSR count). The fourth-order valence-electron chi connectivity index (χ4n) is 0.731. The molecule has 0 radical (unpaired) electrons. The van der Waals surface area contributed by atoms with Gasteiger partial charge in [0.15, 0.2) is 0 Å². The Kier molecular flexibility index (Phi) is 1.87. The third-order valence-corrected chi connectivity index (χ3v) is 1.17. The molecule has 0 N–H and O–H groups in total. The maximum Gasteiger partial charge on any atom is 0.0909 e. The average molecular weight is 117 g/mol. The highest BCUT2D eigenvalue weighted by Gasteiger charge is 1.95. The van der Waals surface area contributed by atoms with Gasteiger partial charge in [-0.3, -0.25) is 0 Å². The van der Waals surface area contributed by atoms with E-state index in [9.17, 15) is 0 Å². The molecule has 44 valence electrons. The first-order chi connectivity index (χ1) is 4.43. The SMILES string of the molecule is N#C/C=C/C1C=CC=C1. The minimum atomic E-state index is 0.352. The van der Waals surface area contributed by atoms with E-state index in [0.29, 0.717) is 5.92 Å². The Labute approximate surface area is 54.6 Å². The van der Waals surface area contributed by atoms with Crippen molar-refractivity contribution in [3.63, 3.8) is 0 Å². The Morgan fingerprint density at radius 2 is 2.00 bits per heavy atom. The summed E-state index contributed by atoms with van der Waals surface area (Å²) in [6.07, 6.45) is 11.4. The Balaban J connectivity index is 2.48. The van der Waals surface area contributed by atoms with Crippen molar-refractivity contribution >= 4 is 0 Å². The van der Waals surface area contributed by atoms with Gasteiger partial charge in [-0.05, 0) is 0 Å². The van der Waals surface area contributed by atoms with Crippen LogP contribution in [0.2, 0.25) is 0 Å². The highest BCUT2D eigenvalue weighted by molar-refractivity contribution is 5.24. The van der Waals surface area contributed by atoms with Crippen LogP contribution in [0.5, 0.6) is 0 Å². The molecule has 0 amide bonds. The summed E-state index contributed by atoms with van der Waals surface area (Å²) < 4.78 is 0. The first-order valence-electron chi connectivity index (χ1n) is 2.85. The largest absolute Gasteiger partial charge is 0.193 e. The molecule has 0 aromatic heterocycles. The van der Waals surface area contributed by atoms with Crippen LogP contribution in [0.25, 0.3) is 0 Å². The van der Waals surface area contributed by atoms with Crippen molar-refractivity contribution in [2.24, 2.45) is 5.92 Å². The van der Waals surface area contributed by atoms with Crippen molar-refractivity contribution in [1.29, 1.82) is 5.26 Å². The summed E-state index contributed by atoms with van der Waals surface area (Å²) in [4.78, 5) is 0. The highest BCUT2D eigenvalue weighted by atomic mass is 14.2. The van der Waals surface area contributed by atoms with Crippen LogP contribution in [-0.2, 0) is 0 Å². The Bertz CT molecular complexity index is 191. The first-order valence-corrected chi connectivity index (χ1v) is 2.85. The highest BCUT2D eigenvalue weighted by Crippen LogP contribution is 2.08. The molecule has 0 aromatic carbocycles. The molecule has 1 nitrogen and oxygen atoms in total. The summed E-state index contributed by atoms with van der Waals surface area (Å²) in [7, 11) is 0. The molecular formula is C8H7N. The summed E-state index contributed by atoms with van der Waals surface area (Å²) in [5.41, 5.74) is 0. The Morgan fingerprint density at radius 1 is 1.33 bits per heavy atom. The van der Waals surface area contributed by atoms with E-state index < -0.39 is 0 Å². The lowest BCUT2D eigenvalue weighted by Gasteiger charge is -1.89. The van der Waals surface area contributed by atoms with Crippen LogP contribution in [0.1, 0.15) is 0 Å². The van der Waals surface area contributed by atoms with Gasteiger partial charge in [-0.2, -0.15) is 5.26 Å². The van der Waals surface area contributed by atoms with E-state index in [1.54, 1.807) is 0 Å². The van der Waals surface area contributed by atoms with Gasteiger partial charge in [-0.25, -0.2) is 0 Å². The van der Waals surface area contributed by atoms with Gasteiger partial charge < -0.3 is 0 Å². The molecule has 0 heterocycles. The summed E-state index contributed by atoms with van der Waals surface area (Å²) in [6, 6.07) is 1.95. The zero-order valence-corrected chi connectivity index (χ0v) is 4.99. The van der Waals surface area contributed by atoms with Crippen LogP contribution in [0.15, 0.2) is 36.5 Å². The van der Waals surface area contributed by atoms with Gasteiger partial charge in [0, 0.05) is 12.0 Å². The average Bonchev–Trinajstić information content (AvgIpc) is 2.34. The molecule has 0 atom stereocenters. The second kappa shape index (κ2) is 2.88. The first kappa shape index (κ1) is 5.84. The van der Waals surface area contributed by atoms with Crippen molar-refractivity contribution in [3.8, 4) is 6.07 Å². The lowest BCUT2D eigenvalue weighted by molar-refractivity contribution is 1.09. The second-order valence-corrected chi connectivity index (χ2v) is 1.84. The molecule has 1 heteroatoms. The lowest BCUT2D eigenvalue weighted by Crippen LogP contribution is -1.78. The molecular weight excluding hydrogens is 110 g/mol. The van der Waals surface area contributed by atoms with Gasteiger partial charge in [0.05, 0.1) is 6.07 Å². The van der Waals surface area contributed by atoms with Gasteiger partial charge in [-0.1, -0.05) is 30.4 Å². The summed E-state index contributed by atoms with van der Waals surface area (Å²) in [5, 5.41) is 8.14. The smallest absolute Gasteiger partial charge is 0.0909 e. The molecule has 0 aliphatic heterocycles. The number of rotatable bonds is 1. The Hall–Kier alpha value is -1.29. The van der Waals surface area contributed by atoms with Crippen molar-refractivity contribution in [3.05, 3.63) is 36.5 Å². The number of nitriles is 1. The van der Waals surface area contributed by atoms with E-state index in [2.05, 4.69) is 0 Å². The van der Waals surface area contributed by atoms with E-state index in [1.807, 2.05) is 36.4 Å². The summed E-state index contributed by atoms with van der Waals surface area (Å²) in [5.74, 6) is 0.352. The predicted molar refractivity (Wildman–Crippen MR) is 36.5 cm³/mol. The molecule has 0 fully saturated rings. The molecule has 0 bridgehead atoms. The van der Waals surface area contributed by atoms with Crippen molar-refractivity contribution < 1.29 is 0 Å². The number of hydrogen-bond donors (Lipinski definition) is 0. The van der Waals surface area contributed by atoms with Crippen molar-refractivity contribution in [2.45, 2.75) is 0 Å². The third-order valence-electron chi connectivity index (χ3n) is 1.17. The van der Waals surface area contributed by atoms with Gasteiger partial charge >= 0.3 is 0 Å². The van der Waals surface area contributed by atoms with Crippen molar-refractivity contribution in [2.75, 3.05) is 0 Å². The number of nitrogens with zero attached hydrogens (tertiary/aromatic N) is 1. The second-order valence-electron chi connectivity index (χ2n) is 1.84. The Morgan fingerprint density at radius 3 is 2.56 bits per heavy atom. The van der Waals surface area contributed by atoms with Gasteiger partial charge in [-0.15, -0.1) is 0 Å². The minimum Gasteiger partial charge on any atom is -0.193 e. The minimum absolute atomic E-state index is 0.352. The zero-order chi connectivity index (χ0) is 6.53. The van der Waals surface area contributed by atoms with Crippen LogP contribution in [0.3, 0.4) is 0 Å². The van der Waals surface area contributed by atoms with Gasteiger partial charge in [0.1, 0.15) is 0 Å². The van der Waals surface area contributed by atoms with E-state index in [-0.39, 0.29) is 0 Å². The molecule has 0 unspecified atom stereocenters. The normalized spacial score (nSPS) is 17.2. The van der Waals surface area contributed by atoms with Crippen molar-refractivity contribution in [1.82, 2.24) is 0 Å².